The van der Waals surface area contributed by atoms with E-state index in [9.17, 15) is 0 Å². The van der Waals surface area contributed by atoms with Gasteiger partial charge in [-0.05, 0) is 30.7 Å². The SMILES string of the molecule is Cc1cc(Br)ccc1Oc1ncnc(Cl)c1N. The number of nitrogens with two attached hydrogens (primary N) is 1. The highest BCUT2D eigenvalue weighted by atomic mass is 79.9. The fourth-order valence-corrected chi connectivity index (χ4v) is 1.87. The molecule has 1 heterocycles. The normalized spacial score (nSPS) is 10.3. The van der Waals surface area contributed by atoms with Crippen LogP contribution in [0.5, 0.6) is 11.6 Å². The predicted molar refractivity (Wildman–Crippen MR) is 70.4 cm³/mol. The zero-order valence-electron chi connectivity index (χ0n) is 8.95. The van der Waals surface area contributed by atoms with Crippen molar-refractivity contribution in [3.05, 3.63) is 39.7 Å². The van der Waals surface area contributed by atoms with Gasteiger partial charge >= 0.3 is 0 Å². The number of aryl methyl sites for hydroxylation is 1. The first kappa shape index (κ1) is 12.1. The maximum atomic E-state index is 5.78. The van der Waals surface area contributed by atoms with Gasteiger partial charge in [-0.2, -0.15) is 4.98 Å². The minimum atomic E-state index is 0.185. The molecule has 6 heteroatoms. The van der Waals surface area contributed by atoms with Crippen molar-refractivity contribution < 1.29 is 4.74 Å². The number of hydrogen-bond acceptors (Lipinski definition) is 4. The van der Waals surface area contributed by atoms with Gasteiger partial charge in [0, 0.05) is 4.47 Å². The van der Waals surface area contributed by atoms with Crippen LogP contribution in [0.4, 0.5) is 5.69 Å². The van der Waals surface area contributed by atoms with E-state index in [2.05, 4.69) is 25.9 Å². The molecule has 2 aromatic rings. The van der Waals surface area contributed by atoms with Gasteiger partial charge in [0.05, 0.1) is 0 Å². The van der Waals surface area contributed by atoms with E-state index < -0.39 is 0 Å². The van der Waals surface area contributed by atoms with Gasteiger partial charge in [-0.3, -0.25) is 0 Å². The lowest BCUT2D eigenvalue weighted by Gasteiger charge is -2.09. The third kappa shape index (κ3) is 2.68. The van der Waals surface area contributed by atoms with Crippen LogP contribution in [-0.4, -0.2) is 9.97 Å². The number of halogens is 2. The Morgan fingerprint density at radius 2 is 2.12 bits per heavy atom. The molecule has 0 atom stereocenters. The Kier molecular flexibility index (Phi) is 3.49. The summed E-state index contributed by atoms with van der Waals surface area (Å²) >= 11 is 9.16. The molecule has 0 amide bonds. The van der Waals surface area contributed by atoms with Gasteiger partial charge < -0.3 is 10.5 Å². The predicted octanol–water partition coefficient (Wildman–Crippen LogP) is 3.58. The number of benzene rings is 1. The number of rotatable bonds is 2. The third-order valence-corrected chi connectivity index (χ3v) is 2.94. The molecule has 17 heavy (non-hydrogen) atoms. The van der Waals surface area contributed by atoms with E-state index in [-0.39, 0.29) is 16.7 Å². The van der Waals surface area contributed by atoms with Crippen LogP contribution in [0.25, 0.3) is 0 Å². The third-order valence-electron chi connectivity index (χ3n) is 2.14. The molecule has 4 nitrogen and oxygen atoms in total. The average molecular weight is 315 g/mol. The van der Waals surface area contributed by atoms with Crippen molar-refractivity contribution in [3.63, 3.8) is 0 Å². The lowest BCUT2D eigenvalue weighted by atomic mass is 10.2. The number of ether oxygens (including phenoxy) is 1. The number of nitrogens with zero attached hydrogens (tertiary/aromatic N) is 2. The van der Waals surface area contributed by atoms with Crippen molar-refractivity contribution >= 4 is 33.2 Å². The van der Waals surface area contributed by atoms with Gasteiger partial charge in [-0.15, -0.1) is 0 Å². The Balaban J connectivity index is 2.35. The molecular weight excluding hydrogens is 305 g/mol. The van der Waals surface area contributed by atoms with E-state index >= 15 is 0 Å². The van der Waals surface area contributed by atoms with Crippen LogP contribution < -0.4 is 10.5 Å². The van der Waals surface area contributed by atoms with Crippen molar-refractivity contribution in [1.82, 2.24) is 9.97 Å². The van der Waals surface area contributed by atoms with Gasteiger partial charge in [-0.1, -0.05) is 27.5 Å². The smallest absolute Gasteiger partial charge is 0.247 e. The first-order chi connectivity index (χ1) is 8.08. The summed E-state index contributed by atoms with van der Waals surface area (Å²) in [6.45, 7) is 1.93. The summed E-state index contributed by atoms with van der Waals surface area (Å²) in [7, 11) is 0. The zero-order valence-corrected chi connectivity index (χ0v) is 11.3. The van der Waals surface area contributed by atoms with Crippen LogP contribution in [0.1, 0.15) is 5.56 Å². The molecule has 0 bridgehead atoms. The standard InChI is InChI=1S/C11H9BrClN3O/c1-6-4-7(12)2-3-8(6)17-11-9(14)10(13)15-5-16-11/h2-5H,14H2,1H3. The number of aromatic nitrogens is 2. The first-order valence-electron chi connectivity index (χ1n) is 4.78. The summed E-state index contributed by atoms with van der Waals surface area (Å²) in [4.78, 5) is 7.70. The average Bonchev–Trinajstić information content (AvgIpc) is 2.28. The van der Waals surface area contributed by atoms with Crippen molar-refractivity contribution in [2.75, 3.05) is 5.73 Å². The molecule has 0 saturated heterocycles. The summed E-state index contributed by atoms with van der Waals surface area (Å²) in [6, 6.07) is 5.64. The molecule has 2 N–H and O–H groups in total. The quantitative estimate of drug-likeness (QED) is 0.861. The monoisotopic (exact) mass is 313 g/mol. The second kappa shape index (κ2) is 4.89. The fraction of sp³-hybridized carbons (Fsp3) is 0.0909. The molecule has 0 aliphatic rings. The van der Waals surface area contributed by atoms with E-state index in [1.807, 2.05) is 25.1 Å². The molecule has 0 saturated carbocycles. The molecule has 0 radical (unpaired) electrons. The van der Waals surface area contributed by atoms with E-state index in [0.29, 0.717) is 5.75 Å². The second-order valence-corrected chi connectivity index (χ2v) is 4.67. The van der Waals surface area contributed by atoms with Crippen LogP contribution in [0.2, 0.25) is 5.15 Å². The minimum absolute atomic E-state index is 0.185. The van der Waals surface area contributed by atoms with Crippen molar-refractivity contribution in [1.29, 1.82) is 0 Å². The highest BCUT2D eigenvalue weighted by Crippen LogP contribution is 2.31. The Hall–Kier alpha value is -1.33. The molecule has 0 unspecified atom stereocenters. The second-order valence-electron chi connectivity index (χ2n) is 3.40. The largest absolute Gasteiger partial charge is 0.437 e. The maximum absolute atomic E-state index is 5.78. The van der Waals surface area contributed by atoms with Crippen LogP contribution in [-0.2, 0) is 0 Å². The highest BCUT2D eigenvalue weighted by molar-refractivity contribution is 9.10. The van der Waals surface area contributed by atoms with E-state index in [1.165, 1.54) is 6.33 Å². The highest BCUT2D eigenvalue weighted by Gasteiger charge is 2.09. The maximum Gasteiger partial charge on any atom is 0.247 e. The summed E-state index contributed by atoms with van der Waals surface area (Å²) in [6.07, 6.45) is 1.31. The van der Waals surface area contributed by atoms with Crippen molar-refractivity contribution in [2.45, 2.75) is 6.92 Å². The van der Waals surface area contributed by atoms with Gasteiger partial charge in [0.1, 0.15) is 17.8 Å². The summed E-state index contributed by atoms with van der Waals surface area (Å²) < 4.78 is 6.58. The Labute approximate surface area is 112 Å². The molecule has 0 spiro atoms. The molecule has 1 aromatic heterocycles. The first-order valence-corrected chi connectivity index (χ1v) is 5.95. The van der Waals surface area contributed by atoms with Crippen LogP contribution in [0, 0.1) is 6.92 Å². The number of hydrogen-bond donors (Lipinski definition) is 1. The zero-order chi connectivity index (χ0) is 12.4. The van der Waals surface area contributed by atoms with Gasteiger partial charge in [-0.25, -0.2) is 4.98 Å². The molecule has 1 aromatic carbocycles. The summed E-state index contributed by atoms with van der Waals surface area (Å²) in [5, 5.41) is 0.185. The number of nitrogen functional groups attached to an aromatic ring is 1. The lowest BCUT2D eigenvalue weighted by molar-refractivity contribution is 0.460. The topological polar surface area (TPSA) is 61.0 Å². The molecular formula is C11H9BrClN3O. The van der Waals surface area contributed by atoms with Gasteiger partial charge in [0.2, 0.25) is 5.88 Å². The molecule has 0 aliphatic carbocycles. The van der Waals surface area contributed by atoms with E-state index in [0.717, 1.165) is 10.0 Å². The molecule has 2 rings (SSSR count). The Morgan fingerprint density at radius 1 is 1.35 bits per heavy atom. The minimum Gasteiger partial charge on any atom is -0.437 e. The molecule has 0 fully saturated rings. The van der Waals surface area contributed by atoms with Crippen LogP contribution >= 0.6 is 27.5 Å². The van der Waals surface area contributed by atoms with Crippen molar-refractivity contribution in [2.24, 2.45) is 0 Å². The lowest BCUT2D eigenvalue weighted by Crippen LogP contribution is -1.98. The molecule has 0 aliphatic heterocycles. The van der Waals surface area contributed by atoms with Gasteiger partial charge in [0.15, 0.2) is 5.15 Å². The van der Waals surface area contributed by atoms with Crippen LogP contribution in [0.3, 0.4) is 0 Å². The van der Waals surface area contributed by atoms with Crippen LogP contribution in [0.15, 0.2) is 29.0 Å². The molecule has 88 valence electrons. The number of anilines is 1. The van der Waals surface area contributed by atoms with Crippen molar-refractivity contribution in [3.8, 4) is 11.6 Å². The Morgan fingerprint density at radius 3 is 2.82 bits per heavy atom. The summed E-state index contributed by atoms with van der Waals surface area (Å²) in [5.41, 5.74) is 6.92. The van der Waals surface area contributed by atoms with E-state index in [4.69, 9.17) is 22.1 Å². The fourth-order valence-electron chi connectivity index (χ4n) is 1.27. The summed E-state index contributed by atoms with van der Waals surface area (Å²) in [5.74, 6) is 0.935. The Bertz CT molecular complexity index is 562. The van der Waals surface area contributed by atoms with Gasteiger partial charge in [0.25, 0.3) is 0 Å². The van der Waals surface area contributed by atoms with E-state index in [1.54, 1.807) is 0 Å².